The van der Waals surface area contributed by atoms with Crippen molar-refractivity contribution in [3.63, 3.8) is 0 Å². The van der Waals surface area contributed by atoms with Gasteiger partial charge in [-0.15, -0.1) is 0 Å². The standard InChI is InChI=1S/C20H23ClN2O2/c1-12-6-13(2)18(14(3)7-12)10-22-23-19(24)11-25-17-8-15(4)20(21)16(5)9-17/h6-10H,11H2,1-5H3,(H,23,24). The Morgan fingerprint density at radius 2 is 1.60 bits per heavy atom. The molecule has 4 nitrogen and oxygen atoms in total. The molecule has 0 aliphatic carbocycles. The molecule has 1 amide bonds. The second-order valence-corrected chi connectivity index (χ2v) is 6.64. The number of benzene rings is 2. The smallest absolute Gasteiger partial charge is 0.277 e. The molecule has 0 radical (unpaired) electrons. The van der Waals surface area contributed by atoms with Crippen molar-refractivity contribution < 1.29 is 9.53 Å². The number of carbonyl (C=O) groups is 1. The Balaban J connectivity index is 1.93. The first-order valence-corrected chi connectivity index (χ1v) is 8.45. The second kappa shape index (κ2) is 8.17. The zero-order chi connectivity index (χ0) is 18.6. The molecule has 0 unspecified atom stereocenters. The van der Waals surface area contributed by atoms with Gasteiger partial charge in [0.15, 0.2) is 6.61 Å². The first-order valence-electron chi connectivity index (χ1n) is 8.07. The average Bonchev–Trinajstić information content (AvgIpc) is 2.52. The number of amides is 1. The summed E-state index contributed by atoms with van der Waals surface area (Å²) in [4.78, 5) is 11.9. The van der Waals surface area contributed by atoms with Crippen molar-refractivity contribution >= 4 is 23.7 Å². The monoisotopic (exact) mass is 358 g/mol. The SMILES string of the molecule is Cc1cc(C)c(C=NNC(=O)COc2cc(C)c(Cl)c(C)c2)c(C)c1. The summed E-state index contributed by atoms with van der Waals surface area (Å²) in [5.41, 5.74) is 8.79. The molecule has 0 saturated carbocycles. The number of ether oxygens (including phenoxy) is 1. The Kier molecular flexibility index (Phi) is 6.21. The van der Waals surface area contributed by atoms with E-state index in [1.54, 1.807) is 6.21 Å². The second-order valence-electron chi connectivity index (χ2n) is 6.27. The molecule has 1 N–H and O–H groups in total. The van der Waals surface area contributed by atoms with Gasteiger partial charge in [-0.25, -0.2) is 5.43 Å². The normalized spacial score (nSPS) is 11.0. The predicted molar refractivity (Wildman–Crippen MR) is 103 cm³/mol. The number of nitrogens with zero attached hydrogens (tertiary/aromatic N) is 1. The summed E-state index contributed by atoms with van der Waals surface area (Å²) in [6, 6.07) is 7.80. The van der Waals surface area contributed by atoms with Crippen LogP contribution in [0.2, 0.25) is 5.02 Å². The van der Waals surface area contributed by atoms with Crippen LogP contribution in [0.3, 0.4) is 0 Å². The van der Waals surface area contributed by atoms with Gasteiger partial charge in [0.2, 0.25) is 0 Å². The summed E-state index contributed by atoms with van der Waals surface area (Å²) in [6.45, 7) is 9.80. The van der Waals surface area contributed by atoms with E-state index in [0.29, 0.717) is 10.8 Å². The van der Waals surface area contributed by atoms with E-state index in [1.807, 2.05) is 39.8 Å². The lowest BCUT2D eigenvalue weighted by Crippen LogP contribution is -2.24. The molecule has 0 bridgehead atoms. The van der Waals surface area contributed by atoms with E-state index in [-0.39, 0.29) is 12.5 Å². The Bertz CT molecular complexity index is 782. The lowest BCUT2D eigenvalue weighted by Gasteiger charge is -2.09. The van der Waals surface area contributed by atoms with Gasteiger partial charge in [0.05, 0.1) is 6.21 Å². The average molecular weight is 359 g/mol. The van der Waals surface area contributed by atoms with Crippen molar-refractivity contribution in [3.05, 3.63) is 62.7 Å². The third-order valence-corrected chi connectivity index (χ3v) is 4.50. The Morgan fingerprint density at radius 3 is 2.16 bits per heavy atom. The molecular weight excluding hydrogens is 336 g/mol. The zero-order valence-electron chi connectivity index (χ0n) is 15.2. The highest BCUT2D eigenvalue weighted by Gasteiger charge is 2.06. The van der Waals surface area contributed by atoms with Crippen LogP contribution in [0, 0.1) is 34.6 Å². The van der Waals surface area contributed by atoms with Crippen molar-refractivity contribution in [3.8, 4) is 5.75 Å². The van der Waals surface area contributed by atoms with E-state index >= 15 is 0 Å². The van der Waals surface area contributed by atoms with Gasteiger partial charge < -0.3 is 4.74 Å². The molecule has 2 aromatic carbocycles. The van der Waals surface area contributed by atoms with Crippen molar-refractivity contribution in [1.82, 2.24) is 5.43 Å². The summed E-state index contributed by atoms with van der Waals surface area (Å²) in [7, 11) is 0. The summed E-state index contributed by atoms with van der Waals surface area (Å²) < 4.78 is 5.51. The van der Waals surface area contributed by atoms with E-state index in [9.17, 15) is 4.79 Å². The fourth-order valence-electron chi connectivity index (χ4n) is 2.73. The van der Waals surface area contributed by atoms with Gasteiger partial charge in [-0.2, -0.15) is 5.10 Å². The molecule has 0 aliphatic heterocycles. The number of carbonyl (C=O) groups excluding carboxylic acids is 1. The molecule has 132 valence electrons. The van der Waals surface area contributed by atoms with E-state index in [4.69, 9.17) is 16.3 Å². The van der Waals surface area contributed by atoms with Crippen LogP contribution in [0.15, 0.2) is 29.4 Å². The van der Waals surface area contributed by atoms with Crippen molar-refractivity contribution in [1.29, 1.82) is 0 Å². The lowest BCUT2D eigenvalue weighted by molar-refractivity contribution is -0.123. The number of nitrogens with one attached hydrogen (secondary N) is 1. The highest BCUT2D eigenvalue weighted by molar-refractivity contribution is 6.32. The predicted octanol–water partition coefficient (Wildman–Crippen LogP) is 4.41. The number of hydrazone groups is 1. The van der Waals surface area contributed by atoms with Crippen LogP contribution in [0.25, 0.3) is 0 Å². The van der Waals surface area contributed by atoms with E-state index in [0.717, 1.165) is 27.8 Å². The summed E-state index contributed by atoms with van der Waals surface area (Å²) in [5.74, 6) is 0.299. The van der Waals surface area contributed by atoms with Gasteiger partial charge in [-0.1, -0.05) is 29.3 Å². The van der Waals surface area contributed by atoms with Gasteiger partial charge >= 0.3 is 0 Å². The van der Waals surface area contributed by atoms with Crippen molar-refractivity contribution in [2.45, 2.75) is 34.6 Å². The van der Waals surface area contributed by atoms with Gasteiger partial charge in [0.25, 0.3) is 5.91 Å². The molecule has 0 saturated heterocycles. The highest BCUT2D eigenvalue weighted by atomic mass is 35.5. The van der Waals surface area contributed by atoms with Crippen LogP contribution in [-0.2, 0) is 4.79 Å². The minimum atomic E-state index is -0.316. The third-order valence-electron chi connectivity index (χ3n) is 3.90. The molecule has 25 heavy (non-hydrogen) atoms. The molecule has 0 spiro atoms. The first kappa shape index (κ1) is 19.0. The maximum absolute atomic E-state index is 11.9. The first-order chi connectivity index (χ1) is 11.8. The van der Waals surface area contributed by atoms with E-state index in [1.165, 1.54) is 5.56 Å². The van der Waals surface area contributed by atoms with Crippen LogP contribution in [0.1, 0.15) is 33.4 Å². The molecule has 2 aromatic rings. The van der Waals surface area contributed by atoms with Crippen LogP contribution >= 0.6 is 11.6 Å². The third kappa shape index (κ3) is 5.07. The van der Waals surface area contributed by atoms with E-state index < -0.39 is 0 Å². The number of hydrogen-bond donors (Lipinski definition) is 1. The fourth-order valence-corrected chi connectivity index (χ4v) is 2.84. The highest BCUT2D eigenvalue weighted by Crippen LogP contribution is 2.25. The molecule has 0 aliphatic rings. The van der Waals surface area contributed by atoms with Gasteiger partial charge in [0.1, 0.15) is 5.75 Å². The maximum atomic E-state index is 11.9. The lowest BCUT2D eigenvalue weighted by atomic mass is 10.0. The van der Waals surface area contributed by atoms with Crippen LogP contribution in [-0.4, -0.2) is 18.7 Å². The van der Waals surface area contributed by atoms with Crippen LogP contribution in [0.5, 0.6) is 5.75 Å². The van der Waals surface area contributed by atoms with Gasteiger partial charge in [-0.05, 0) is 69.0 Å². The molecular formula is C20H23ClN2O2. The fraction of sp³-hybridized carbons (Fsp3) is 0.300. The molecule has 0 fully saturated rings. The maximum Gasteiger partial charge on any atom is 0.277 e. The van der Waals surface area contributed by atoms with Crippen molar-refractivity contribution in [2.75, 3.05) is 6.61 Å². The van der Waals surface area contributed by atoms with Crippen LogP contribution < -0.4 is 10.2 Å². The van der Waals surface area contributed by atoms with Crippen LogP contribution in [0.4, 0.5) is 0 Å². The number of hydrogen-bond acceptors (Lipinski definition) is 3. The zero-order valence-corrected chi connectivity index (χ0v) is 16.0. The molecule has 5 heteroatoms. The van der Waals surface area contributed by atoms with Gasteiger partial charge in [0, 0.05) is 10.6 Å². The minimum absolute atomic E-state index is 0.107. The largest absolute Gasteiger partial charge is 0.484 e. The Hall–Kier alpha value is -2.33. The van der Waals surface area contributed by atoms with Crippen molar-refractivity contribution in [2.24, 2.45) is 5.10 Å². The minimum Gasteiger partial charge on any atom is -0.484 e. The number of halogens is 1. The summed E-state index contributed by atoms with van der Waals surface area (Å²) in [5, 5.41) is 4.74. The summed E-state index contributed by atoms with van der Waals surface area (Å²) >= 11 is 6.12. The number of aryl methyl sites for hydroxylation is 5. The Labute approximate surface area is 153 Å². The summed E-state index contributed by atoms with van der Waals surface area (Å²) in [6.07, 6.45) is 1.67. The topological polar surface area (TPSA) is 50.7 Å². The quantitative estimate of drug-likeness (QED) is 0.635. The molecule has 0 aromatic heterocycles. The number of rotatable bonds is 5. The molecule has 0 atom stereocenters. The Morgan fingerprint density at radius 1 is 1.04 bits per heavy atom. The molecule has 2 rings (SSSR count). The molecule has 0 heterocycles. The van der Waals surface area contributed by atoms with Gasteiger partial charge in [-0.3, -0.25) is 4.79 Å². The van der Waals surface area contributed by atoms with E-state index in [2.05, 4.69) is 29.6 Å².